The molecule has 7 heteroatoms. The molecular formula is C22H43N5O2. The standard InChI is InChI=1S/C22H43N5O2/c1-5-18(6-2)20(26-13-15-29-16-14-26)17-25-22(23-4)24-11-10-19(7-3)27-12-8-9-21(27)28/h18-20H,5-17H2,1-4H3,(H2,23,24,25). The van der Waals surface area contributed by atoms with Gasteiger partial charge in [0.15, 0.2) is 5.96 Å². The predicted octanol–water partition coefficient (Wildman–Crippen LogP) is 2.08. The predicted molar refractivity (Wildman–Crippen MR) is 119 cm³/mol. The Kier molecular flexibility index (Phi) is 10.8. The lowest BCUT2D eigenvalue weighted by molar-refractivity contribution is -0.129. The molecule has 2 heterocycles. The lowest BCUT2D eigenvalue weighted by Gasteiger charge is -2.39. The number of rotatable bonds is 11. The molecule has 0 aromatic heterocycles. The fourth-order valence-corrected chi connectivity index (χ4v) is 4.75. The molecule has 0 bridgehead atoms. The number of nitrogens with one attached hydrogen (secondary N) is 2. The molecule has 29 heavy (non-hydrogen) atoms. The number of ether oxygens (including phenoxy) is 1. The first-order valence-electron chi connectivity index (χ1n) is 11.7. The minimum atomic E-state index is 0.317. The van der Waals surface area contributed by atoms with Gasteiger partial charge in [-0.25, -0.2) is 0 Å². The number of hydrogen-bond acceptors (Lipinski definition) is 4. The van der Waals surface area contributed by atoms with Gasteiger partial charge in [-0.2, -0.15) is 0 Å². The van der Waals surface area contributed by atoms with Crippen LogP contribution >= 0.6 is 0 Å². The van der Waals surface area contributed by atoms with Crippen LogP contribution in [0, 0.1) is 5.92 Å². The topological polar surface area (TPSA) is 69.2 Å². The Bertz CT molecular complexity index is 503. The zero-order valence-corrected chi connectivity index (χ0v) is 19.1. The lowest BCUT2D eigenvalue weighted by Crippen LogP contribution is -2.53. The molecule has 2 unspecified atom stereocenters. The third-order valence-electron chi connectivity index (χ3n) is 6.60. The van der Waals surface area contributed by atoms with E-state index < -0.39 is 0 Å². The van der Waals surface area contributed by atoms with E-state index in [0.717, 1.165) is 71.2 Å². The summed E-state index contributed by atoms with van der Waals surface area (Å²) in [6.45, 7) is 13.1. The average Bonchev–Trinajstić information content (AvgIpc) is 3.18. The van der Waals surface area contributed by atoms with Crippen LogP contribution in [0.1, 0.15) is 59.3 Å². The van der Waals surface area contributed by atoms with Crippen LogP contribution in [0.25, 0.3) is 0 Å². The van der Waals surface area contributed by atoms with E-state index in [2.05, 4.69) is 46.2 Å². The van der Waals surface area contributed by atoms with Crippen LogP contribution in [-0.2, 0) is 9.53 Å². The number of carbonyl (C=O) groups excluding carboxylic acids is 1. The van der Waals surface area contributed by atoms with Crippen molar-refractivity contribution in [3.8, 4) is 0 Å². The maximum absolute atomic E-state index is 12.0. The fourth-order valence-electron chi connectivity index (χ4n) is 4.75. The summed E-state index contributed by atoms with van der Waals surface area (Å²) in [5, 5.41) is 7.03. The van der Waals surface area contributed by atoms with Crippen LogP contribution < -0.4 is 10.6 Å². The average molecular weight is 410 g/mol. The van der Waals surface area contributed by atoms with E-state index in [1.54, 1.807) is 0 Å². The molecule has 2 atom stereocenters. The summed E-state index contributed by atoms with van der Waals surface area (Å²) >= 11 is 0. The SMILES string of the molecule is CCC(CC)C(CNC(=NC)NCCC(CC)N1CCCC1=O)N1CCOCC1. The highest BCUT2D eigenvalue weighted by molar-refractivity contribution is 5.80. The zero-order valence-electron chi connectivity index (χ0n) is 19.1. The second kappa shape index (κ2) is 13.1. The smallest absolute Gasteiger partial charge is 0.222 e. The molecule has 0 aromatic rings. The Balaban J connectivity index is 1.82. The van der Waals surface area contributed by atoms with E-state index in [-0.39, 0.29) is 0 Å². The van der Waals surface area contributed by atoms with Crippen molar-refractivity contribution in [2.75, 3.05) is 53.0 Å². The molecule has 0 aromatic carbocycles. The second-order valence-corrected chi connectivity index (χ2v) is 8.21. The lowest BCUT2D eigenvalue weighted by atomic mass is 9.92. The number of morpholine rings is 1. The van der Waals surface area contributed by atoms with E-state index >= 15 is 0 Å². The zero-order chi connectivity index (χ0) is 21.1. The molecule has 7 nitrogen and oxygen atoms in total. The van der Waals surface area contributed by atoms with E-state index in [1.807, 2.05) is 7.05 Å². The summed E-state index contributed by atoms with van der Waals surface area (Å²) in [7, 11) is 1.83. The normalized spacial score (nSPS) is 20.9. The van der Waals surface area contributed by atoms with Gasteiger partial charge in [0.1, 0.15) is 0 Å². The molecule has 2 fully saturated rings. The molecule has 0 saturated carbocycles. The van der Waals surface area contributed by atoms with E-state index in [1.165, 1.54) is 12.8 Å². The highest BCUT2D eigenvalue weighted by atomic mass is 16.5. The molecule has 2 saturated heterocycles. The van der Waals surface area contributed by atoms with Gasteiger partial charge in [0.25, 0.3) is 0 Å². The summed E-state index contributed by atoms with van der Waals surface area (Å²) in [5.74, 6) is 1.85. The van der Waals surface area contributed by atoms with Gasteiger partial charge >= 0.3 is 0 Å². The molecule has 2 N–H and O–H groups in total. The first kappa shape index (κ1) is 23.9. The Morgan fingerprint density at radius 3 is 2.38 bits per heavy atom. The summed E-state index contributed by atoms with van der Waals surface area (Å²) in [6, 6.07) is 0.833. The van der Waals surface area contributed by atoms with Gasteiger partial charge in [0.05, 0.1) is 13.2 Å². The number of aliphatic imine (C=N–C) groups is 1. The number of nitrogens with zero attached hydrogens (tertiary/aromatic N) is 3. The third kappa shape index (κ3) is 7.14. The monoisotopic (exact) mass is 409 g/mol. The van der Waals surface area contributed by atoms with Crippen LogP contribution in [0.4, 0.5) is 0 Å². The van der Waals surface area contributed by atoms with Crippen molar-refractivity contribution >= 4 is 11.9 Å². The quantitative estimate of drug-likeness (QED) is 0.404. The molecule has 2 aliphatic rings. The summed E-state index contributed by atoms with van der Waals surface area (Å²) in [6.07, 6.45) is 6.06. The Morgan fingerprint density at radius 1 is 1.10 bits per heavy atom. The number of amides is 1. The van der Waals surface area contributed by atoms with Gasteiger partial charge in [0, 0.05) is 58.3 Å². The van der Waals surface area contributed by atoms with Crippen LogP contribution in [0.2, 0.25) is 0 Å². The van der Waals surface area contributed by atoms with Crippen molar-refractivity contribution in [3.63, 3.8) is 0 Å². The number of hydrogen-bond donors (Lipinski definition) is 2. The highest BCUT2D eigenvalue weighted by Gasteiger charge is 2.28. The Hall–Kier alpha value is -1.34. The number of likely N-dealkylation sites (tertiary alicyclic amines) is 1. The van der Waals surface area contributed by atoms with Crippen LogP contribution in [0.3, 0.4) is 0 Å². The van der Waals surface area contributed by atoms with Gasteiger partial charge in [-0.1, -0.05) is 33.6 Å². The molecule has 0 spiro atoms. The van der Waals surface area contributed by atoms with Gasteiger partial charge in [-0.3, -0.25) is 14.7 Å². The summed E-state index contributed by atoms with van der Waals surface area (Å²) in [4.78, 5) is 21.1. The molecule has 1 amide bonds. The van der Waals surface area contributed by atoms with Crippen LogP contribution in [-0.4, -0.2) is 86.7 Å². The summed E-state index contributed by atoms with van der Waals surface area (Å²) in [5.41, 5.74) is 0. The highest BCUT2D eigenvalue weighted by Crippen LogP contribution is 2.20. The van der Waals surface area contributed by atoms with Gasteiger partial charge in [-0.15, -0.1) is 0 Å². The van der Waals surface area contributed by atoms with Crippen molar-refractivity contribution in [1.82, 2.24) is 20.4 Å². The maximum Gasteiger partial charge on any atom is 0.222 e. The van der Waals surface area contributed by atoms with Crippen LogP contribution in [0.15, 0.2) is 4.99 Å². The molecule has 2 aliphatic heterocycles. The van der Waals surface area contributed by atoms with Crippen molar-refractivity contribution in [1.29, 1.82) is 0 Å². The van der Waals surface area contributed by atoms with E-state index in [4.69, 9.17) is 4.74 Å². The van der Waals surface area contributed by atoms with Gasteiger partial charge in [-0.05, 0) is 25.2 Å². The Labute approximate surface area is 177 Å². The van der Waals surface area contributed by atoms with Gasteiger partial charge < -0.3 is 20.3 Å². The first-order chi connectivity index (χ1) is 14.1. The minimum absolute atomic E-state index is 0.317. The number of carbonyl (C=O) groups is 1. The molecule has 0 radical (unpaired) electrons. The number of guanidine groups is 1. The van der Waals surface area contributed by atoms with Crippen LogP contribution in [0.5, 0.6) is 0 Å². The molecular weight excluding hydrogens is 366 g/mol. The molecule has 2 rings (SSSR count). The van der Waals surface area contributed by atoms with Crippen molar-refractivity contribution in [2.24, 2.45) is 10.9 Å². The van der Waals surface area contributed by atoms with Crippen molar-refractivity contribution in [2.45, 2.75) is 71.4 Å². The van der Waals surface area contributed by atoms with E-state index in [0.29, 0.717) is 30.3 Å². The maximum atomic E-state index is 12.0. The minimum Gasteiger partial charge on any atom is -0.379 e. The van der Waals surface area contributed by atoms with Gasteiger partial charge in [0.2, 0.25) is 5.91 Å². The largest absolute Gasteiger partial charge is 0.379 e. The second-order valence-electron chi connectivity index (χ2n) is 8.21. The fraction of sp³-hybridized carbons (Fsp3) is 0.909. The first-order valence-corrected chi connectivity index (χ1v) is 11.7. The third-order valence-corrected chi connectivity index (χ3v) is 6.60. The van der Waals surface area contributed by atoms with E-state index in [9.17, 15) is 4.79 Å². The molecule has 168 valence electrons. The van der Waals surface area contributed by atoms with Crippen molar-refractivity contribution < 1.29 is 9.53 Å². The Morgan fingerprint density at radius 2 is 1.83 bits per heavy atom. The molecule has 0 aliphatic carbocycles. The summed E-state index contributed by atoms with van der Waals surface area (Å²) < 4.78 is 5.55. The van der Waals surface area contributed by atoms with Crippen molar-refractivity contribution in [3.05, 3.63) is 0 Å².